The summed E-state index contributed by atoms with van der Waals surface area (Å²) >= 11 is 0. The fraction of sp³-hybridized carbons (Fsp3) is 0.857. The fourth-order valence-electron chi connectivity index (χ4n) is 11.3. The van der Waals surface area contributed by atoms with Gasteiger partial charge in [-0.3, -0.25) is 14.4 Å². The van der Waals surface area contributed by atoms with Crippen LogP contribution in [0.15, 0.2) is 48.6 Å². The highest BCUT2D eigenvalue weighted by Gasteiger charge is 2.19. The van der Waals surface area contributed by atoms with Crippen LogP contribution in [0, 0.1) is 0 Å². The second-order valence-electron chi connectivity index (χ2n) is 25.2. The second kappa shape index (κ2) is 71.8. The van der Waals surface area contributed by atoms with Crippen molar-refractivity contribution in [1.29, 1.82) is 0 Å². The second-order valence-corrected chi connectivity index (χ2v) is 25.2. The maximum Gasteiger partial charge on any atom is 0.306 e. The molecule has 83 heavy (non-hydrogen) atoms. The van der Waals surface area contributed by atoms with Gasteiger partial charge < -0.3 is 14.2 Å². The van der Waals surface area contributed by atoms with E-state index in [4.69, 9.17) is 14.2 Å². The van der Waals surface area contributed by atoms with Crippen LogP contribution >= 0.6 is 0 Å². The van der Waals surface area contributed by atoms with Gasteiger partial charge >= 0.3 is 17.9 Å². The zero-order valence-corrected chi connectivity index (χ0v) is 56.0. The molecular formula is C77H142O6. The van der Waals surface area contributed by atoms with Gasteiger partial charge in [0.2, 0.25) is 0 Å². The van der Waals surface area contributed by atoms with E-state index in [0.717, 1.165) is 96.3 Å². The van der Waals surface area contributed by atoms with Crippen molar-refractivity contribution in [2.45, 2.75) is 412 Å². The molecule has 0 fully saturated rings. The van der Waals surface area contributed by atoms with Crippen LogP contribution in [0.3, 0.4) is 0 Å². The molecule has 0 saturated carbocycles. The van der Waals surface area contributed by atoms with E-state index in [1.807, 2.05) is 0 Å². The summed E-state index contributed by atoms with van der Waals surface area (Å²) in [5.41, 5.74) is 0. The number of ether oxygens (including phenoxy) is 3. The molecule has 0 aromatic heterocycles. The lowest BCUT2D eigenvalue weighted by atomic mass is 10.0. The summed E-state index contributed by atoms with van der Waals surface area (Å²) < 4.78 is 17.0. The van der Waals surface area contributed by atoms with Crippen molar-refractivity contribution in [1.82, 2.24) is 0 Å². The molecule has 0 spiro atoms. The Balaban J connectivity index is 4.24. The first-order valence-electron chi connectivity index (χ1n) is 37.1. The van der Waals surface area contributed by atoms with E-state index in [9.17, 15) is 14.4 Å². The Morgan fingerprint density at radius 2 is 0.470 bits per heavy atom. The van der Waals surface area contributed by atoms with Crippen LogP contribution in [0.25, 0.3) is 0 Å². The van der Waals surface area contributed by atoms with E-state index in [-0.39, 0.29) is 31.1 Å². The number of allylic oxidation sites excluding steroid dienone is 8. The predicted octanol–water partition coefficient (Wildman–Crippen LogP) is 25.7. The summed E-state index contributed by atoms with van der Waals surface area (Å²) in [5, 5.41) is 0. The number of unbranched alkanes of at least 4 members (excludes halogenated alkanes) is 50. The number of rotatable bonds is 69. The lowest BCUT2D eigenvalue weighted by Gasteiger charge is -2.18. The molecule has 0 aromatic carbocycles. The highest BCUT2D eigenvalue weighted by molar-refractivity contribution is 5.71. The minimum absolute atomic E-state index is 0.0755. The van der Waals surface area contributed by atoms with Crippen molar-refractivity contribution in [3.05, 3.63) is 48.6 Å². The third-order valence-corrected chi connectivity index (χ3v) is 16.8. The molecule has 0 aliphatic rings. The molecule has 6 nitrogen and oxygen atoms in total. The summed E-state index contributed by atoms with van der Waals surface area (Å²) in [7, 11) is 0. The molecule has 1 atom stereocenters. The Labute approximate surface area is 518 Å². The first-order chi connectivity index (χ1) is 41.0. The molecule has 6 heteroatoms. The van der Waals surface area contributed by atoms with Gasteiger partial charge in [0, 0.05) is 19.3 Å². The van der Waals surface area contributed by atoms with Gasteiger partial charge in [0.1, 0.15) is 13.2 Å². The number of carbonyl (C=O) groups is 3. The van der Waals surface area contributed by atoms with Crippen LogP contribution in [0.4, 0.5) is 0 Å². The Kier molecular flexibility index (Phi) is 69.6. The van der Waals surface area contributed by atoms with Crippen LogP contribution in [0.2, 0.25) is 0 Å². The van der Waals surface area contributed by atoms with E-state index < -0.39 is 6.10 Å². The van der Waals surface area contributed by atoms with E-state index in [1.165, 1.54) is 270 Å². The average molecular weight is 1160 g/mol. The van der Waals surface area contributed by atoms with Crippen molar-refractivity contribution in [3.8, 4) is 0 Å². The van der Waals surface area contributed by atoms with Crippen LogP contribution in [0.5, 0.6) is 0 Å². The molecule has 0 aromatic rings. The first kappa shape index (κ1) is 80.4. The lowest BCUT2D eigenvalue weighted by Crippen LogP contribution is -2.30. The third-order valence-electron chi connectivity index (χ3n) is 16.8. The van der Waals surface area contributed by atoms with Gasteiger partial charge in [-0.25, -0.2) is 0 Å². The molecule has 486 valence electrons. The smallest absolute Gasteiger partial charge is 0.306 e. The first-order valence-corrected chi connectivity index (χ1v) is 37.1. The zero-order chi connectivity index (χ0) is 59.9. The topological polar surface area (TPSA) is 78.9 Å². The third kappa shape index (κ3) is 70.0. The van der Waals surface area contributed by atoms with Crippen LogP contribution in [0.1, 0.15) is 406 Å². The maximum atomic E-state index is 13.0. The minimum Gasteiger partial charge on any atom is -0.462 e. The molecule has 0 heterocycles. The summed E-state index contributed by atoms with van der Waals surface area (Å²) in [6.45, 7) is 6.59. The van der Waals surface area contributed by atoms with Crippen molar-refractivity contribution < 1.29 is 28.6 Å². The Morgan fingerprint density at radius 1 is 0.253 bits per heavy atom. The van der Waals surface area contributed by atoms with Gasteiger partial charge in [0.25, 0.3) is 0 Å². The molecule has 0 saturated heterocycles. The van der Waals surface area contributed by atoms with Gasteiger partial charge in [-0.05, 0) is 57.8 Å². The quantitative estimate of drug-likeness (QED) is 0.0261. The molecule has 0 aliphatic carbocycles. The van der Waals surface area contributed by atoms with Crippen LogP contribution < -0.4 is 0 Å². The average Bonchev–Trinajstić information content (AvgIpc) is 3.50. The Hall–Kier alpha value is -2.63. The minimum atomic E-state index is -0.782. The molecular weight excluding hydrogens is 1020 g/mol. The van der Waals surface area contributed by atoms with Crippen molar-refractivity contribution in [3.63, 3.8) is 0 Å². The van der Waals surface area contributed by atoms with Crippen molar-refractivity contribution in [2.75, 3.05) is 13.2 Å². The maximum absolute atomic E-state index is 13.0. The predicted molar refractivity (Wildman–Crippen MR) is 362 cm³/mol. The summed E-state index contributed by atoms with van der Waals surface area (Å²) in [6.07, 6.45) is 91.6. The SMILES string of the molecule is CC/C=C\C/C=C\C/C=C\C/C=C\CCCCCCC(=O)OCC(COC(=O)CCCCCCCCCCCCCCCCCCCCCCCCCCCCCCC)OC(=O)CCCCCCCCCCCCCCCCCCCCC. The van der Waals surface area contributed by atoms with Gasteiger partial charge in [-0.15, -0.1) is 0 Å². The van der Waals surface area contributed by atoms with Crippen molar-refractivity contribution >= 4 is 17.9 Å². The normalized spacial score (nSPS) is 12.3. The summed E-state index contributed by atoms with van der Waals surface area (Å²) in [5.74, 6) is -0.870. The monoisotopic (exact) mass is 1160 g/mol. The Bertz CT molecular complexity index is 1430. The van der Waals surface area contributed by atoms with E-state index in [2.05, 4.69) is 69.4 Å². The number of hydrogen-bond donors (Lipinski definition) is 0. The van der Waals surface area contributed by atoms with Gasteiger partial charge in [-0.2, -0.15) is 0 Å². The number of hydrogen-bond acceptors (Lipinski definition) is 6. The van der Waals surface area contributed by atoms with Crippen molar-refractivity contribution in [2.24, 2.45) is 0 Å². The van der Waals surface area contributed by atoms with Crippen LogP contribution in [-0.2, 0) is 28.6 Å². The van der Waals surface area contributed by atoms with Gasteiger partial charge in [0.05, 0.1) is 0 Å². The highest BCUT2D eigenvalue weighted by Crippen LogP contribution is 2.19. The molecule has 0 aliphatic heterocycles. The Morgan fingerprint density at radius 3 is 0.735 bits per heavy atom. The highest BCUT2D eigenvalue weighted by atomic mass is 16.6. The molecule has 0 bridgehead atoms. The zero-order valence-electron chi connectivity index (χ0n) is 56.0. The number of carbonyl (C=O) groups excluding carboxylic acids is 3. The van der Waals surface area contributed by atoms with Gasteiger partial charge in [-0.1, -0.05) is 378 Å². The molecule has 0 rings (SSSR count). The lowest BCUT2D eigenvalue weighted by molar-refractivity contribution is -0.167. The van der Waals surface area contributed by atoms with E-state index in [0.29, 0.717) is 19.3 Å². The standard InChI is InChI=1S/C77H142O6/c1-4-7-10-13-16-19-22-25-28-31-33-34-35-36-37-38-39-40-41-42-44-46-49-52-55-58-61-64-67-70-76(79)82-73-74(72-81-75(78)69-66-63-60-57-54-51-48-45-30-27-24-21-18-15-12-9-6-3)83-77(80)71-68-65-62-59-56-53-50-47-43-32-29-26-23-20-17-14-11-8-5-2/h9,12,18,21,27,30,48,51,74H,4-8,10-11,13-17,19-20,22-26,28-29,31-47,49-50,52-73H2,1-3H3/b12-9-,21-18-,30-27-,51-48-. The van der Waals surface area contributed by atoms with Gasteiger partial charge in [0.15, 0.2) is 6.10 Å². The molecule has 0 amide bonds. The number of esters is 3. The van der Waals surface area contributed by atoms with E-state index >= 15 is 0 Å². The largest absolute Gasteiger partial charge is 0.462 e. The fourth-order valence-corrected chi connectivity index (χ4v) is 11.3. The molecule has 1 unspecified atom stereocenters. The van der Waals surface area contributed by atoms with E-state index in [1.54, 1.807) is 0 Å². The van der Waals surface area contributed by atoms with Crippen LogP contribution in [-0.4, -0.2) is 37.2 Å². The summed E-state index contributed by atoms with van der Waals surface area (Å²) in [4.78, 5) is 38.5. The molecule has 0 radical (unpaired) electrons. The summed E-state index contributed by atoms with van der Waals surface area (Å²) in [6, 6.07) is 0. The molecule has 0 N–H and O–H groups in total.